The summed E-state index contributed by atoms with van der Waals surface area (Å²) in [6.07, 6.45) is 3.68. The molecule has 26 heavy (non-hydrogen) atoms. The molecule has 0 aromatic heterocycles. The van der Waals surface area contributed by atoms with E-state index in [9.17, 15) is 19.5 Å². The van der Waals surface area contributed by atoms with Gasteiger partial charge in [0.2, 0.25) is 5.91 Å². The van der Waals surface area contributed by atoms with E-state index in [0.717, 1.165) is 19.3 Å². The predicted molar refractivity (Wildman–Crippen MR) is 97.0 cm³/mol. The number of nitrogens with zero attached hydrogens (tertiary/aromatic N) is 1. The van der Waals surface area contributed by atoms with E-state index in [2.05, 4.69) is 5.32 Å². The summed E-state index contributed by atoms with van der Waals surface area (Å²) in [5.74, 6) is -0.824. The molecule has 3 unspecified atom stereocenters. The molecule has 2 aliphatic rings. The van der Waals surface area contributed by atoms with Gasteiger partial charge in [-0.15, -0.1) is 0 Å². The van der Waals surface area contributed by atoms with Crippen LogP contribution in [0.1, 0.15) is 42.5 Å². The topological polar surface area (TPSA) is 86.7 Å². The van der Waals surface area contributed by atoms with Crippen LogP contribution in [0.2, 0.25) is 5.02 Å². The van der Waals surface area contributed by atoms with Gasteiger partial charge in [0.15, 0.2) is 0 Å². The predicted octanol–water partition coefficient (Wildman–Crippen LogP) is 2.56. The van der Waals surface area contributed by atoms with Crippen molar-refractivity contribution in [1.29, 1.82) is 0 Å². The SMILES string of the molecule is O=C(NCCCC(=O)N1CC2CCCC2C1C(=O)O)c1ccc(Cl)cc1. The van der Waals surface area contributed by atoms with Crippen molar-refractivity contribution in [1.82, 2.24) is 10.2 Å². The van der Waals surface area contributed by atoms with E-state index in [0.29, 0.717) is 36.0 Å². The Morgan fingerprint density at radius 1 is 1.19 bits per heavy atom. The Balaban J connectivity index is 1.46. The number of benzene rings is 1. The lowest BCUT2D eigenvalue weighted by molar-refractivity contribution is -0.149. The van der Waals surface area contributed by atoms with Crippen molar-refractivity contribution < 1.29 is 19.5 Å². The Morgan fingerprint density at radius 2 is 1.92 bits per heavy atom. The van der Waals surface area contributed by atoms with Gasteiger partial charge in [0.1, 0.15) is 6.04 Å². The second-order valence-electron chi connectivity index (χ2n) is 7.05. The van der Waals surface area contributed by atoms with E-state index < -0.39 is 12.0 Å². The van der Waals surface area contributed by atoms with Gasteiger partial charge in [-0.25, -0.2) is 4.79 Å². The van der Waals surface area contributed by atoms with Gasteiger partial charge < -0.3 is 15.3 Å². The first-order chi connectivity index (χ1) is 12.5. The molecule has 3 rings (SSSR count). The molecule has 2 N–H and O–H groups in total. The van der Waals surface area contributed by atoms with Gasteiger partial charge in [0.25, 0.3) is 5.91 Å². The minimum Gasteiger partial charge on any atom is -0.480 e. The molecule has 1 aromatic rings. The molecule has 6 nitrogen and oxygen atoms in total. The van der Waals surface area contributed by atoms with Gasteiger partial charge in [-0.05, 0) is 55.4 Å². The largest absolute Gasteiger partial charge is 0.480 e. The molecule has 1 aliphatic carbocycles. The highest BCUT2D eigenvalue weighted by Crippen LogP contribution is 2.42. The van der Waals surface area contributed by atoms with Crippen LogP contribution in [0.3, 0.4) is 0 Å². The van der Waals surface area contributed by atoms with Gasteiger partial charge in [-0.1, -0.05) is 18.0 Å². The van der Waals surface area contributed by atoms with Crippen LogP contribution >= 0.6 is 11.6 Å². The minimum absolute atomic E-state index is 0.0982. The first kappa shape index (κ1) is 18.7. The van der Waals surface area contributed by atoms with Gasteiger partial charge >= 0.3 is 5.97 Å². The number of carboxylic acids is 1. The number of aliphatic carboxylic acids is 1. The summed E-state index contributed by atoms with van der Waals surface area (Å²) in [5.41, 5.74) is 0.513. The van der Waals surface area contributed by atoms with E-state index in [1.807, 2.05) is 0 Å². The molecular weight excluding hydrogens is 356 g/mol. The highest BCUT2D eigenvalue weighted by molar-refractivity contribution is 6.30. The summed E-state index contributed by atoms with van der Waals surface area (Å²) in [6, 6.07) is 5.90. The molecule has 140 valence electrons. The summed E-state index contributed by atoms with van der Waals surface area (Å²) in [6.45, 7) is 0.920. The monoisotopic (exact) mass is 378 g/mol. The van der Waals surface area contributed by atoms with Crippen LogP contribution in [0.25, 0.3) is 0 Å². The molecule has 0 bridgehead atoms. The van der Waals surface area contributed by atoms with E-state index in [-0.39, 0.29) is 24.2 Å². The molecule has 0 spiro atoms. The van der Waals surface area contributed by atoms with E-state index >= 15 is 0 Å². The maximum Gasteiger partial charge on any atom is 0.326 e. The van der Waals surface area contributed by atoms with Crippen LogP contribution in [-0.2, 0) is 9.59 Å². The van der Waals surface area contributed by atoms with Crippen molar-refractivity contribution in [2.45, 2.75) is 38.1 Å². The number of fused-ring (bicyclic) bond motifs is 1. The third kappa shape index (κ3) is 4.01. The Kier molecular flexibility index (Phi) is 5.81. The third-order valence-electron chi connectivity index (χ3n) is 5.42. The Morgan fingerprint density at radius 3 is 2.62 bits per heavy atom. The zero-order chi connectivity index (χ0) is 18.7. The summed E-state index contributed by atoms with van der Waals surface area (Å²) in [5, 5.41) is 12.8. The van der Waals surface area contributed by atoms with E-state index in [1.54, 1.807) is 24.3 Å². The number of rotatable bonds is 6. The van der Waals surface area contributed by atoms with Crippen LogP contribution < -0.4 is 5.32 Å². The maximum absolute atomic E-state index is 12.5. The van der Waals surface area contributed by atoms with Crippen LogP contribution in [0.4, 0.5) is 0 Å². The summed E-state index contributed by atoms with van der Waals surface area (Å²) >= 11 is 5.79. The van der Waals surface area contributed by atoms with E-state index in [1.165, 1.54) is 4.90 Å². The van der Waals surface area contributed by atoms with Crippen molar-refractivity contribution in [3.63, 3.8) is 0 Å². The number of likely N-dealkylation sites (tertiary alicyclic amines) is 1. The lowest BCUT2D eigenvalue weighted by Gasteiger charge is -2.24. The highest BCUT2D eigenvalue weighted by Gasteiger charge is 2.49. The Bertz CT molecular complexity index is 691. The van der Waals surface area contributed by atoms with Gasteiger partial charge in [0, 0.05) is 30.1 Å². The smallest absolute Gasteiger partial charge is 0.326 e. The first-order valence-corrected chi connectivity index (χ1v) is 9.41. The minimum atomic E-state index is -0.899. The number of carbonyl (C=O) groups is 3. The standard InChI is InChI=1S/C19H23ClN2O4/c20-14-8-6-12(7-9-14)18(24)21-10-2-5-16(23)22-11-13-3-1-4-15(13)17(22)19(25)26/h6-9,13,15,17H,1-5,10-11H2,(H,21,24)(H,25,26). The van der Waals surface area contributed by atoms with E-state index in [4.69, 9.17) is 11.6 Å². The molecule has 2 fully saturated rings. The van der Waals surface area contributed by atoms with Gasteiger partial charge in [-0.2, -0.15) is 0 Å². The summed E-state index contributed by atoms with van der Waals surface area (Å²) in [4.78, 5) is 37.6. The number of carbonyl (C=O) groups excluding carboxylic acids is 2. The number of nitrogens with one attached hydrogen (secondary N) is 1. The normalized spacial score (nSPS) is 24.3. The van der Waals surface area contributed by atoms with Crippen molar-refractivity contribution in [3.05, 3.63) is 34.9 Å². The zero-order valence-corrected chi connectivity index (χ0v) is 15.2. The van der Waals surface area contributed by atoms with Crippen molar-refractivity contribution >= 4 is 29.4 Å². The second-order valence-corrected chi connectivity index (χ2v) is 7.49. The zero-order valence-electron chi connectivity index (χ0n) is 14.5. The molecule has 3 atom stereocenters. The van der Waals surface area contributed by atoms with Crippen LogP contribution in [0.15, 0.2) is 24.3 Å². The Hall–Kier alpha value is -2.08. The number of hydrogen-bond acceptors (Lipinski definition) is 3. The second kappa shape index (κ2) is 8.08. The fourth-order valence-electron chi connectivity index (χ4n) is 4.17. The highest BCUT2D eigenvalue weighted by atomic mass is 35.5. The number of carboxylic acid groups (broad SMARTS) is 1. The molecule has 1 saturated heterocycles. The lowest BCUT2D eigenvalue weighted by atomic mass is 9.94. The van der Waals surface area contributed by atoms with Crippen molar-refractivity contribution in [3.8, 4) is 0 Å². The van der Waals surface area contributed by atoms with Crippen molar-refractivity contribution in [2.24, 2.45) is 11.8 Å². The van der Waals surface area contributed by atoms with Crippen LogP contribution in [0.5, 0.6) is 0 Å². The average molecular weight is 379 g/mol. The lowest BCUT2D eigenvalue weighted by Crippen LogP contribution is -2.43. The fourth-order valence-corrected chi connectivity index (χ4v) is 4.29. The van der Waals surface area contributed by atoms with Gasteiger partial charge in [-0.3, -0.25) is 9.59 Å². The molecule has 0 radical (unpaired) electrons. The van der Waals surface area contributed by atoms with Gasteiger partial charge in [0.05, 0.1) is 0 Å². The number of amides is 2. The first-order valence-electron chi connectivity index (χ1n) is 9.03. The maximum atomic E-state index is 12.5. The quantitative estimate of drug-likeness (QED) is 0.745. The third-order valence-corrected chi connectivity index (χ3v) is 5.68. The molecule has 2 amide bonds. The molecule has 1 aromatic carbocycles. The number of hydrogen-bond donors (Lipinski definition) is 2. The summed E-state index contributed by atoms with van der Waals surface area (Å²) < 4.78 is 0. The molecule has 1 heterocycles. The Labute approximate surface area is 157 Å². The van der Waals surface area contributed by atoms with Crippen LogP contribution in [-0.4, -0.2) is 46.9 Å². The van der Waals surface area contributed by atoms with Crippen LogP contribution in [0, 0.1) is 11.8 Å². The molecular formula is C19H23ClN2O4. The molecule has 7 heteroatoms. The van der Waals surface area contributed by atoms with Crippen molar-refractivity contribution in [2.75, 3.05) is 13.1 Å². The summed E-state index contributed by atoms with van der Waals surface area (Å²) in [7, 11) is 0. The fraction of sp³-hybridized carbons (Fsp3) is 0.526. The molecule has 1 aliphatic heterocycles. The number of halogens is 1. The molecule has 1 saturated carbocycles. The average Bonchev–Trinajstić information content (AvgIpc) is 3.19.